The number of hydrogen-bond donors (Lipinski definition) is 2. The third-order valence-corrected chi connectivity index (χ3v) is 4.87. The summed E-state index contributed by atoms with van der Waals surface area (Å²) >= 11 is 2.71. The molecule has 2 aromatic heterocycles. The normalized spacial score (nSPS) is 10.9. The van der Waals surface area contributed by atoms with Crippen molar-refractivity contribution in [2.45, 2.75) is 10.6 Å². The van der Waals surface area contributed by atoms with Crippen molar-refractivity contribution in [2.75, 3.05) is 5.73 Å². The van der Waals surface area contributed by atoms with Gasteiger partial charge in [0.2, 0.25) is 0 Å². The van der Waals surface area contributed by atoms with E-state index in [4.69, 9.17) is 10.8 Å². The number of carbonyl (C=O) groups is 1. The average Bonchev–Trinajstić information content (AvgIpc) is 2.94. The highest BCUT2D eigenvalue weighted by Crippen LogP contribution is 2.28. The van der Waals surface area contributed by atoms with E-state index in [-0.39, 0.29) is 0 Å². The molecule has 21 heavy (non-hydrogen) atoms. The van der Waals surface area contributed by atoms with Crippen molar-refractivity contribution in [2.24, 2.45) is 0 Å². The number of aromatic carboxylic acids is 1. The van der Waals surface area contributed by atoms with Crippen molar-refractivity contribution in [3.63, 3.8) is 0 Å². The van der Waals surface area contributed by atoms with Gasteiger partial charge in [-0.15, -0.1) is 23.1 Å². The Balaban J connectivity index is 1.80. The fourth-order valence-corrected chi connectivity index (χ4v) is 3.59. The Hall–Kier alpha value is -2.12. The smallest absolute Gasteiger partial charge is 0.345 e. The van der Waals surface area contributed by atoms with Crippen LogP contribution >= 0.6 is 23.1 Å². The SMILES string of the molecule is Nc1nc(CSc2csc(C(=O)O)c2)nc2ccccc12. The van der Waals surface area contributed by atoms with Crippen LogP contribution in [0.2, 0.25) is 0 Å². The summed E-state index contributed by atoms with van der Waals surface area (Å²) in [6.07, 6.45) is 0. The fourth-order valence-electron chi connectivity index (χ4n) is 1.87. The Bertz CT molecular complexity index is 817. The summed E-state index contributed by atoms with van der Waals surface area (Å²) in [7, 11) is 0. The van der Waals surface area contributed by atoms with Gasteiger partial charge in [0.05, 0.1) is 11.3 Å². The number of nitrogen functional groups attached to an aromatic ring is 1. The Labute approximate surface area is 128 Å². The molecule has 3 rings (SSSR count). The van der Waals surface area contributed by atoms with Crippen molar-refractivity contribution in [3.8, 4) is 0 Å². The van der Waals surface area contributed by atoms with E-state index < -0.39 is 5.97 Å². The summed E-state index contributed by atoms with van der Waals surface area (Å²) in [4.78, 5) is 20.8. The quantitative estimate of drug-likeness (QED) is 0.718. The molecule has 7 heteroatoms. The molecule has 3 aromatic rings. The predicted octanol–water partition coefficient (Wildman–Crippen LogP) is 3.26. The van der Waals surface area contributed by atoms with Gasteiger partial charge in [-0.25, -0.2) is 14.8 Å². The van der Waals surface area contributed by atoms with Crippen LogP contribution in [0, 0.1) is 0 Å². The summed E-state index contributed by atoms with van der Waals surface area (Å²) in [5.41, 5.74) is 6.75. The van der Waals surface area contributed by atoms with E-state index in [0.29, 0.717) is 22.3 Å². The number of nitrogens with zero attached hydrogens (tertiary/aromatic N) is 2. The monoisotopic (exact) mass is 317 g/mol. The number of thiophene rings is 1. The van der Waals surface area contributed by atoms with Crippen LogP contribution in [0.25, 0.3) is 10.9 Å². The van der Waals surface area contributed by atoms with Crippen LogP contribution in [0.15, 0.2) is 40.6 Å². The third kappa shape index (κ3) is 2.98. The summed E-state index contributed by atoms with van der Waals surface area (Å²) < 4.78 is 0. The zero-order valence-electron chi connectivity index (χ0n) is 10.8. The molecule has 0 aliphatic heterocycles. The summed E-state index contributed by atoms with van der Waals surface area (Å²) in [6, 6.07) is 9.25. The molecule has 0 atom stereocenters. The lowest BCUT2D eigenvalue weighted by Gasteiger charge is -2.04. The molecule has 0 saturated heterocycles. The molecular formula is C14H11N3O2S2. The van der Waals surface area contributed by atoms with Crippen molar-refractivity contribution in [3.05, 3.63) is 46.4 Å². The maximum atomic E-state index is 10.8. The largest absolute Gasteiger partial charge is 0.477 e. The Morgan fingerprint density at radius 1 is 1.33 bits per heavy atom. The number of carboxylic acids is 1. The third-order valence-electron chi connectivity index (χ3n) is 2.83. The van der Waals surface area contributed by atoms with Crippen LogP contribution in [0.4, 0.5) is 5.82 Å². The molecule has 0 fully saturated rings. The zero-order chi connectivity index (χ0) is 14.8. The lowest BCUT2D eigenvalue weighted by molar-refractivity contribution is 0.0702. The second kappa shape index (κ2) is 5.71. The molecule has 2 heterocycles. The Morgan fingerprint density at radius 3 is 2.90 bits per heavy atom. The molecule has 0 amide bonds. The lowest BCUT2D eigenvalue weighted by atomic mass is 10.2. The van der Waals surface area contributed by atoms with E-state index in [0.717, 1.165) is 15.8 Å². The molecule has 106 valence electrons. The molecule has 0 unspecified atom stereocenters. The molecule has 0 aliphatic rings. The van der Waals surface area contributed by atoms with E-state index in [1.165, 1.54) is 23.1 Å². The number of nitrogens with two attached hydrogens (primary N) is 1. The zero-order valence-corrected chi connectivity index (χ0v) is 12.4. The van der Waals surface area contributed by atoms with Crippen molar-refractivity contribution < 1.29 is 9.90 Å². The van der Waals surface area contributed by atoms with Gasteiger partial charge in [-0.2, -0.15) is 0 Å². The van der Waals surface area contributed by atoms with Crippen LogP contribution in [0.3, 0.4) is 0 Å². The molecule has 0 spiro atoms. The van der Waals surface area contributed by atoms with Crippen molar-refractivity contribution >= 4 is 45.8 Å². The maximum Gasteiger partial charge on any atom is 0.345 e. The molecule has 0 bridgehead atoms. The van der Waals surface area contributed by atoms with Crippen LogP contribution < -0.4 is 5.73 Å². The number of carboxylic acid groups (broad SMARTS) is 1. The Morgan fingerprint density at radius 2 is 2.14 bits per heavy atom. The molecule has 5 nitrogen and oxygen atoms in total. The first-order valence-corrected chi connectivity index (χ1v) is 7.96. The van der Waals surface area contributed by atoms with Gasteiger partial charge in [0.25, 0.3) is 0 Å². The minimum Gasteiger partial charge on any atom is -0.477 e. The number of rotatable bonds is 4. The topological polar surface area (TPSA) is 89.1 Å². The number of para-hydroxylation sites is 1. The fraction of sp³-hybridized carbons (Fsp3) is 0.0714. The predicted molar refractivity (Wildman–Crippen MR) is 84.8 cm³/mol. The van der Waals surface area contributed by atoms with Crippen LogP contribution in [0.1, 0.15) is 15.5 Å². The average molecular weight is 317 g/mol. The summed E-state index contributed by atoms with van der Waals surface area (Å²) in [5.74, 6) is 0.746. The molecular weight excluding hydrogens is 306 g/mol. The number of thioether (sulfide) groups is 1. The first-order chi connectivity index (χ1) is 10.1. The molecule has 0 radical (unpaired) electrons. The number of fused-ring (bicyclic) bond motifs is 1. The van der Waals surface area contributed by atoms with Crippen molar-refractivity contribution in [1.29, 1.82) is 0 Å². The summed E-state index contributed by atoms with van der Waals surface area (Å²) in [5, 5.41) is 11.6. The van der Waals surface area contributed by atoms with Crippen molar-refractivity contribution in [1.82, 2.24) is 9.97 Å². The van der Waals surface area contributed by atoms with Gasteiger partial charge in [0.15, 0.2) is 0 Å². The van der Waals surface area contributed by atoms with E-state index >= 15 is 0 Å². The molecule has 3 N–H and O–H groups in total. The van der Waals surface area contributed by atoms with E-state index in [9.17, 15) is 4.79 Å². The van der Waals surface area contributed by atoms with Gasteiger partial charge in [-0.05, 0) is 18.2 Å². The molecule has 0 saturated carbocycles. The first kappa shape index (κ1) is 13.8. The highest BCUT2D eigenvalue weighted by molar-refractivity contribution is 7.98. The second-order valence-electron chi connectivity index (χ2n) is 4.28. The van der Waals surface area contributed by atoms with Crippen LogP contribution in [0.5, 0.6) is 0 Å². The molecule has 1 aromatic carbocycles. The minimum atomic E-state index is -0.905. The van der Waals surface area contributed by atoms with E-state index in [1.54, 1.807) is 6.07 Å². The minimum absolute atomic E-state index is 0.330. The highest BCUT2D eigenvalue weighted by Gasteiger charge is 2.09. The highest BCUT2D eigenvalue weighted by atomic mass is 32.2. The maximum absolute atomic E-state index is 10.8. The Kier molecular flexibility index (Phi) is 3.76. The number of hydrogen-bond acceptors (Lipinski definition) is 6. The standard InChI is InChI=1S/C14H11N3O2S2/c15-13-9-3-1-2-4-10(9)16-12(17-13)7-20-8-5-11(14(18)19)21-6-8/h1-6H,7H2,(H,18,19)(H2,15,16,17). The summed E-state index contributed by atoms with van der Waals surface area (Å²) in [6.45, 7) is 0. The van der Waals surface area contributed by atoms with Gasteiger partial charge in [0, 0.05) is 15.7 Å². The van der Waals surface area contributed by atoms with Gasteiger partial charge < -0.3 is 10.8 Å². The van der Waals surface area contributed by atoms with Gasteiger partial charge >= 0.3 is 5.97 Å². The van der Waals surface area contributed by atoms with Crippen LogP contribution in [-0.4, -0.2) is 21.0 Å². The first-order valence-electron chi connectivity index (χ1n) is 6.09. The molecule has 0 aliphatic carbocycles. The van der Waals surface area contributed by atoms with Crippen LogP contribution in [-0.2, 0) is 5.75 Å². The van der Waals surface area contributed by atoms with Gasteiger partial charge in [-0.3, -0.25) is 0 Å². The van der Waals surface area contributed by atoms with E-state index in [2.05, 4.69) is 9.97 Å². The number of aromatic nitrogens is 2. The van der Waals surface area contributed by atoms with Gasteiger partial charge in [0.1, 0.15) is 16.5 Å². The number of anilines is 1. The number of benzene rings is 1. The van der Waals surface area contributed by atoms with Gasteiger partial charge in [-0.1, -0.05) is 12.1 Å². The lowest BCUT2D eigenvalue weighted by Crippen LogP contribution is -1.99. The second-order valence-corrected chi connectivity index (χ2v) is 6.24. The van der Waals surface area contributed by atoms with E-state index in [1.807, 2.05) is 29.6 Å².